The maximum absolute atomic E-state index is 14.9. The number of piperidine rings is 1. The molecule has 0 radical (unpaired) electrons. The maximum atomic E-state index is 14.9. The molecule has 4 aromatic rings. The summed E-state index contributed by atoms with van der Waals surface area (Å²) in [6, 6.07) is 17.9. The molecule has 14 heteroatoms. The van der Waals surface area contributed by atoms with E-state index in [0.717, 1.165) is 59.9 Å². The van der Waals surface area contributed by atoms with E-state index in [0.29, 0.717) is 72.4 Å². The van der Waals surface area contributed by atoms with E-state index in [1.165, 1.54) is 19.2 Å². The smallest absolute Gasteiger partial charge is 0.418 e. The summed E-state index contributed by atoms with van der Waals surface area (Å²) in [4.78, 5) is 30.5. The number of fused-ring (bicyclic) bond motifs is 3. The standard InChI is InChI=1S/C45H49ClF3N5O5/c1-58-40-20-39(36(45(47,48)49)19-27(40)23-54-24-35(44(56)57)25-6-3-7-29(54)18-25)52-37-16-14-31-30(8-4-9-32(31)37)33-10-5-11-34(42(33)46)38-15-12-26(43(53-38)59-2)21-50-22-28-13-17-41(55)51-28/h4-5,8-12,15,19-20,25,28-29,35,37,50,52H,3,6-7,13-14,16-18,21-24H2,1-2H3,(H,51,55)(H,56,57)/t25?,28-,29?,35?,37-/m0/s1. The third kappa shape index (κ3) is 8.47. The zero-order chi connectivity index (χ0) is 41.4. The van der Waals surface area contributed by atoms with Crippen molar-refractivity contribution in [2.24, 2.45) is 11.8 Å². The number of rotatable bonds is 13. The number of anilines is 1. The molecule has 3 fully saturated rings. The molecular formula is C45H49ClF3N5O5. The number of aliphatic carboxylic acids is 1. The number of likely N-dealkylation sites (tertiary alicyclic amines) is 1. The van der Waals surface area contributed by atoms with E-state index in [4.69, 9.17) is 26.1 Å². The highest BCUT2D eigenvalue weighted by atomic mass is 35.5. The molecule has 3 unspecified atom stereocenters. The Labute approximate surface area is 346 Å². The van der Waals surface area contributed by atoms with E-state index in [9.17, 15) is 27.9 Å². The Morgan fingerprint density at radius 3 is 2.53 bits per heavy atom. The van der Waals surface area contributed by atoms with Gasteiger partial charge >= 0.3 is 12.1 Å². The Morgan fingerprint density at radius 1 is 0.983 bits per heavy atom. The second-order valence-corrected chi connectivity index (χ2v) is 16.6. The number of methoxy groups -OCH3 is 2. The highest BCUT2D eigenvalue weighted by molar-refractivity contribution is 6.36. The number of carbonyl (C=O) groups is 2. The quantitative estimate of drug-likeness (QED) is 0.105. The third-order valence-corrected chi connectivity index (χ3v) is 13.1. The number of benzene rings is 3. The molecule has 59 heavy (non-hydrogen) atoms. The van der Waals surface area contributed by atoms with Gasteiger partial charge in [-0.2, -0.15) is 13.2 Å². The van der Waals surface area contributed by atoms with Crippen molar-refractivity contribution in [1.29, 1.82) is 0 Å². The van der Waals surface area contributed by atoms with Gasteiger partial charge in [0.15, 0.2) is 0 Å². The number of nitrogens with zero attached hydrogens (tertiary/aromatic N) is 2. The molecule has 312 valence electrons. The second kappa shape index (κ2) is 17.0. The van der Waals surface area contributed by atoms with Crippen molar-refractivity contribution in [3.63, 3.8) is 0 Å². The third-order valence-electron chi connectivity index (χ3n) is 12.7. The van der Waals surface area contributed by atoms with Gasteiger partial charge in [0.25, 0.3) is 0 Å². The molecule has 2 aliphatic carbocycles. The van der Waals surface area contributed by atoms with E-state index in [-0.39, 0.29) is 36.1 Å². The predicted molar refractivity (Wildman–Crippen MR) is 220 cm³/mol. The van der Waals surface area contributed by atoms with Crippen LogP contribution >= 0.6 is 11.6 Å². The minimum Gasteiger partial charge on any atom is -0.496 e. The summed E-state index contributed by atoms with van der Waals surface area (Å²) in [7, 11) is 3.03. The van der Waals surface area contributed by atoms with Crippen molar-refractivity contribution in [2.45, 2.75) is 88.8 Å². The largest absolute Gasteiger partial charge is 0.496 e. The van der Waals surface area contributed by atoms with E-state index in [2.05, 4.69) is 16.0 Å². The van der Waals surface area contributed by atoms with Crippen LogP contribution in [-0.2, 0) is 35.3 Å². The highest BCUT2D eigenvalue weighted by Crippen LogP contribution is 2.47. The maximum Gasteiger partial charge on any atom is 0.418 e. The number of amides is 1. The summed E-state index contributed by atoms with van der Waals surface area (Å²) >= 11 is 7.18. The van der Waals surface area contributed by atoms with Crippen LogP contribution in [0.1, 0.15) is 78.8 Å². The molecule has 5 atom stereocenters. The van der Waals surface area contributed by atoms with Gasteiger partial charge in [0.1, 0.15) is 5.75 Å². The fraction of sp³-hybridized carbons (Fsp3) is 0.444. The van der Waals surface area contributed by atoms with Crippen LogP contribution in [0.3, 0.4) is 0 Å². The molecular weight excluding hydrogens is 783 g/mol. The number of carboxylic acid groups (broad SMARTS) is 1. The minimum atomic E-state index is -4.65. The predicted octanol–water partition coefficient (Wildman–Crippen LogP) is 8.65. The zero-order valence-corrected chi connectivity index (χ0v) is 33.9. The lowest BCUT2D eigenvalue weighted by Crippen LogP contribution is -2.51. The second-order valence-electron chi connectivity index (χ2n) is 16.2. The molecule has 8 rings (SSSR count). The average Bonchev–Trinajstić information content (AvgIpc) is 3.84. The van der Waals surface area contributed by atoms with Gasteiger partial charge in [-0.05, 0) is 73.3 Å². The molecule has 10 nitrogen and oxygen atoms in total. The number of alkyl halides is 3. The van der Waals surface area contributed by atoms with Crippen molar-refractivity contribution in [2.75, 3.05) is 32.6 Å². The lowest BCUT2D eigenvalue weighted by atomic mass is 9.73. The number of hydrogen-bond donors (Lipinski definition) is 4. The van der Waals surface area contributed by atoms with Crippen molar-refractivity contribution < 1.29 is 37.3 Å². The highest BCUT2D eigenvalue weighted by Gasteiger charge is 2.42. The summed E-state index contributed by atoms with van der Waals surface area (Å²) in [6.45, 7) is 1.64. The van der Waals surface area contributed by atoms with Gasteiger partial charge in [0.2, 0.25) is 11.8 Å². The van der Waals surface area contributed by atoms with Crippen LogP contribution in [0.2, 0.25) is 5.02 Å². The summed E-state index contributed by atoms with van der Waals surface area (Å²) in [6.07, 6.45) is 1.32. The van der Waals surface area contributed by atoms with Crippen LogP contribution in [-0.4, -0.2) is 66.3 Å². The zero-order valence-electron chi connectivity index (χ0n) is 33.1. The normalized spacial score (nSPS) is 22.8. The molecule has 1 amide bonds. The molecule has 1 saturated carbocycles. The van der Waals surface area contributed by atoms with Crippen LogP contribution in [0.5, 0.6) is 11.6 Å². The van der Waals surface area contributed by atoms with E-state index in [1.54, 1.807) is 7.11 Å². The number of carbonyl (C=O) groups excluding carboxylic acids is 1. The minimum absolute atomic E-state index is 0.0647. The first-order valence-corrected chi connectivity index (χ1v) is 20.8. The Balaban J connectivity index is 1.03. The lowest BCUT2D eigenvalue weighted by Gasteiger charge is -2.46. The van der Waals surface area contributed by atoms with Crippen molar-refractivity contribution in [1.82, 2.24) is 20.5 Å². The monoisotopic (exact) mass is 831 g/mol. The van der Waals surface area contributed by atoms with Gasteiger partial charge in [-0.15, -0.1) is 0 Å². The molecule has 2 saturated heterocycles. The number of hydrogen-bond acceptors (Lipinski definition) is 8. The van der Waals surface area contributed by atoms with E-state index >= 15 is 0 Å². The van der Waals surface area contributed by atoms with Crippen molar-refractivity contribution in [3.8, 4) is 34.0 Å². The number of carboxylic acids is 1. The molecule has 3 heterocycles. The van der Waals surface area contributed by atoms with Gasteiger partial charge < -0.3 is 30.5 Å². The molecule has 4 N–H and O–H groups in total. The Bertz CT molecular complexity index is 2240. The Morgan fingerprint density at radius 2 is 1.78 bits per heavy atom. The summed E-state index contributed by atoms with van der Waals surface area (Å²) in [5.74, 6) is -0.420. The average molecular weight is 832 g/mol. The van der Waals surface area contributed by atoms with Gasteiger partial charge in [-0.1, -0.05) is 60.5 Å². The number of ether oxygens (including phenoxy) is 2. The van der Waals surface area contributed by atoms with Gasteiger partial charge in [0.05, 0.1) is 48.1 Å². The van der Waals surface area contributed by atoms with Crippen molar-refractivity contribution >= 4 is 29.2 Å². The van der Waals surface area contributed by atoms with Gasteiger partial charge in [0, 0.05) is 73.0 Å². The van der Waals surface area contributed by atoms with Crippen LogP contribution < -0.4 is 25.4 Å². The summed E-state index contributed by atoms with van der Waals surface area (Å²) < 4.78 is 56.0. The van der Waals surface area contributed by atoms with E-state index in [1.807, 2.05) is 53.4 Å². The number of halogens is 4. The van der Waals surface area contributed by atoms with Crippen LogP contribution in [0, 0.1) is 11.8 Å². The molecule has 2 bridgehead atoms. The fourth-order valence-corrected chi connectivity index (χ4v) is 10.1. The van der Waals surface area contributed by atoms with Crippen LogP contribution in [0.4, 0.5) is 18.9 Å². The topological polar surface area (TPSA) is 125 Å². The molecule has 2 aliphatic heterocycles. The van der Waals surface area contributed by atoms with Crippen molar-refractivity contribution in [3.05, 3.63) is 93.5 Å². The Hall–Kier alpha value is -4.85. The number of pyridine rings is 1. The van der Waals surface area contributed by atoms with Crippen LogP contribution in [0.25, 0.3) is 22.4 Å². The number of aromatic nitrogens is 1. The summed E-state index contributed by atoms with van der Waals surface area (Å²) in [5.41, 5.74) is 5.36. The summed E-state index contributed by atoms with van der Waals surface area (Å²) in [5, 5.41) is 20.0. The molecule has 1 aromatic heterocycles. The first kappa shape index (κ1) is 40.9. The van der Waals surface area contributed by atoms with Crippen LogP contribution in [0.15, 0.2) is 60.7 Å². The first-order valence-electron chi connectivity index (χ1n) is 20.4. The van der Waals surface area contributed by atoms with E-state index < -0.39 is 29.7 Å². The molecule has 0 spiro atoms. The molecule has 3 aromatic carbocycles. The van der Waals surface area contributed by atoms with Gasteiger partial charge in [-0.3, -0.25) is 14.5 Å². The Kier molecular flexibility index (Phi) is 11.8. The van der Waals surface area contributed by atoms with Gasteiger partial charge in [-0.25, -0.2) is 4.98 Å². The fourth-order valence-electron chi connectivity index (χ4n) is 9.76. The lowest BCUT2D eigenvalue weighted by molar-refractivity contribution is -0.148. The first-order chi connectivity index (χ1) is 28.4. The number of nitrogens with one attached hydrogen (secondary N) is 3. The SMILES string of the molecule is COc1cc(N[C@H]2CCc3c(-c4cccc(-c5ccc(CNC[C@@H]6CCC(=O)N6)c(OC)n5)c4Cl)cccc32)c(C(F)(F)F)cc1CN1CC(C(=O)O)C2CCCC1C2. The molecule has 4 aliphatic rings.